The Balaban J connectivity index is 2.16. The van der Waals surface area contributed by atoms with Crippen LogP contribution < -0.4 is 10.5 Å². The third kappa shape index (κ3) is 3.61. The normalized spacial score (nSPS) is 12.3. The summed E-state index contributed by atoms with van der Waals surface area (Å²) < 4.78 is 19.6. The molecule has 0 bridgehead atoms. The minimum absolute atomic E-state index is 0.319. The number of hydrogen-bond acceptors (Lipinski definition) is 2. The lowest BCUT2D eigenvalue weighted by atomic mass is 10.0. The molecule has 2 rings (SSSR count). The van der Waals surface area contributed by atoms with Crippen molar-refractivity contribution < 1.29 is 9.13 Å². The van der Waals surface area contributed by atoms with Gasteiger partial charge in [-0.2, -0.15) is 0 Å². The van der Waals surface area contributed by atoms with Crippen molar-refractivity contribution in [3.63, 3.8) is 0 Å². The van der Waals surface area contributed by atoms with Crippen molar-refractivity contribution in [2.45, 2.75) is 40.3 Å². The predicted octanol–water partition coefficient (Wildman–Crippen LogP) is 4.35. The number of nitrogens with two attached hydrogens (primary N) is 1. The fourth-order valence-corrected chi connectivity index (χ4v) is 2.56. The summed E-state index contributed by atoms with van der Waals surface area (Å²) in [4.78, 5) is 0. The van der Waals surface area contributed by atoms with E-state index in [4.69, 9.17) is 10.5 Å². The Morgan fingerprint density at radius 2 is 1.71 bits per heavy atom. The van der Waals surface area contributed by atoms with Crippen LogP contribution in [0.4, 0.5) is 4.39 Å². The summed E-state index contributed by atoms with van der Waals surface area (Å²) in [6, 6.07) is 8.79. The van der Waals surface area contributed by atoms with Crippen molar-refractivity contribution in [2.24, 2.45) is 5.73 Å². The van der Waals surface area contributed by atoms with Crippen LogP contribution >= 0.6 is 0 Å². The van der Waals surface area contributed by atoms with Crippen LogP contribution in [-0.4, -0.2) is 0 Å². The van der Waals surface area contributed by atoms with Gasteiger partial charge in [0, 0.05) is 17.7 Å². The molecule has 2 aromatic carbocycles. The molecule has 0 heterocycles. The first kappa shape index (κ1) is 15.5. The highest BCUT2D eigenvalue weighted by Crippen LogP contribution is 2.23. The topological polar surface area (TPSA) is 35.2 Å². The van der Waals surface area contributed by atoms with Gasteiger partial charge in [-0.3, -0.25) is 0 Å². The maximum Gasteiger partial charge on any atom is 0.131 e. The summed E-state index contributed by atoms with van der Waals surface area (Å²) in [7, 11) is 0. The molecule has 0 fully saturated rings. The molecule has 0 aliphatic rings. The second-order valence-electron chi connectivity index (χ2n) is 5.64. The SMILES string of the molecule is Cc1cc(C)c(COc2ccc([C@H](C)N)c(F)c2)c(C)c1. The van der Waals surface area contributed by atoms with Crippen molar-refractivity contribution in [2.75, 3.05) is 0 Å². The van der Waals surface area contributed by atoms with Crippen molar-refractivity contribution in [3.05, 3.63) is 64.0 Å². The number of aryl methyl sites for hydroxylation is 3. The zero-order valence-corrected chi connectivity index (χ0v) is 13.0. The zero-order valence-electron chi connectivity index (χ0n) is 13.0. The molecule has 2 N–H and O–H groups in total. The highest BCUT2D eigenvalue weighted by molar-refractivity contribution is 5.38. The summed E-state index contributed by atoms with van der Waals surface area (Å²) >= 11 is 0. The summed E-state index contributed by atoms with van der Waals surface area (Å²) in [5.74, 6) is 0.205. The molecule has 0 aliphatic carbocycles. The average molecular weight is 287 g/mol. The highest BCUT2D eigenvalue weighted by atomic mass is 19.1. The number of benzene rings is 2. The molecule has 0 aliphatic heterocycles. The van der Waals surface area contributed by atoms with Crippen LogP contribution in [0, 0.1) is 26.6 Å². The third-order valence-electron chi connectivity index (χ3n) is 3.69. The van der Waals surface area contributed by atoms with Gasteiger partial charge >= 0.3 is 0 Å². The summed E-state index contributed by atoms with van der Waals surface area (Å²) in [5, 5.41) is 0. The van der Waals surface area contributed by atoms with Gasteiger partial charge in [-0.15, -0.1) is 0 Å². The lowest BCUT2D eigenvalue weighted by Gasteiger charge is -2.14. The van der Waals surface area contributed by atoms with Gasteiger partial charge in [-0.1, -0.05) is 23.8 Å². The summed E-state index contributed by atoms with van der Waals surface area (Å²) in [5.41, 5.74) is 11.0. The molecular formula is C18H22FNO. The molecule has 0 spiro atoms. The fraction of sp³-hybridized carbons (Fsp3) is 0.333. The standard InChI is InChI=1S/C18H22FNO/c1-11-7-12(2)17(13(3)8-11)10-21-15-5-6-16(14(4)20)18(19)9-15/h5-9,14H,10,20H2,1-4H3/t14-/m0/s1. The van der Waals surface area contributed by atoms with E-state index in [1.165, 1.54) is 22.8 Å². The molecule has 0 saturated carbocycles. The first-order chi connectivity index (χ1) is 9.88. The number of hydrogen-bond donors (Lipinski definition) is 1. The van der Waals surface area contributed by atoms with E-state index < -0.39 is 0 Å². The Morgan fingerprint density at radius 3 is 2.24 bits per heavy atom. The van der Waals surface area contributed by atoms with Crippen LogP contribution in [0.5, 0.6) is 5.75 Å². The lowest BCUT2D eigenvalue weighted by Crippen LogP contribution is -2.08. The van der Waals surface area contributed by atoms with Gasteiger partial charge in [0.15, 0.2) is 0 Å². The number of halogens is 1. The van der Waals surface area contributed by atoms with Gasteiger partial charge in [0.1, 0.15) is 18.2 Å². The molecule has 0 saturated heterocycles. The molecule has 3 heteroatoms. The Kier molecular flexibility index (Phi) is 4.63. The van der Waals surface area contributed by atoms with E-state index in [0.717, 1.165) is 5.56 Å². The van der Waals surface area contributed by atoms with Crippen molar-refractivity contribution >= 4 is 0 Å². The first-order valence-corrected chi connectivity index (χ1v) is 7.13. The monoisotopic (exact) mass is 287 g/mol. The number of ether oxygens (including phenoxy) is 1. The molecular weight excluding hydrogens is 265 g/mol. The van der Waals surface area contributed by atoms with Gasteiger partial charge in [-0.05, 0) is 50.5 Å². The molecule has 112 valence electrons. The largest absolute Gasteiger partial charge is 0.489 e. The van der Waals surface area contributed by atoms with E-state index in [2.05, 4.69) is 32.9 Å². The van der Waals surface area contributed by atoms with Crippen LogP contribution in [0.25, 0.3) is 0 Å². The van der Waals surface area contributed by atoms with Crippen molar-refractivity contribution in [3.8, 4) is 5.75 Å². The molecule has 2 aromatic rings. The fourth-order valence-electron chi connectivity index (χ4n) is 2.56. The Morgan fingerprint density at radius 1 is 1.10 bits per heavy atom. The molecule has 1 atom stereocenters. The van der Waals surface area contributed by atoms with Gasteiger partial charge in [0.25, 0.3) is 0 Å². The van der Waals surface area contributed by atoms with Gasteiger partial charge in [0.2, 0.25) is 0 Å². The smallest absolute Gasteiger partial charge is 0.131 e. The first-order valence-electron chi connectivity index (χ1n) is 7.13. The third-order valence-corrected chi connectivity index (χ3v) is 3.69. The van der Waals surface area contributed by atoms with Gasteiger partial charge in [0.05, 0.1) is 0 Å². The van der Waals surface area contributed by atoms with E-state index in [-0.39, 0.29) is 11.9 Å². The minimum Gasteiger partial charge on any atom is -0.489 e. The van der Waals surface area contributed by atoms with E-state index >= 15 is 0 Å². The Bertz CT molecular complexity index is 627. The van der Waals surface area contributed by atoms with Crippen LogP contribution in [0.15, 0.2) is 30.3 Å². The highest BCUT2D eigenvalue weighted by Gasteiger charge is 2.09. The Labute approximate surface area is 125 Å². The van der Waals surface area contributed by atoms with E-state index in [0.29, 0.717) is 17.9 Å². The van der Waals surface area contributed by atoms with Crippen molar-refractivity contribution in [1.82, 2.24) is 0 Å². The van der Waals surface area contributed by atoms with Gasteiger partial charge in [-0.25, -0.2) is 4.39 Å². The minimum atomic E-state index is -0.320. The maximum absolute atomic E-state index is 13.9. The Hall–Kier alpha value is -1.87. The predicted molar refractivity (Wildman–Crippen MR) is 84.0 cm³/mol. The summed E-state index contributed by atoms with van der Waals surface area (Å²) in [6.45, 7) is 8.41. The summed E-state index contributed by atoms with van der Waals surface area (Å²) in [6.07, 6.45) is 0. The molecule has 0 amide bonds. The number of rotatable bonds is 4. The van der Waals surface area contributed by atoms with Gasteiger partial charge < -0.3 is 10.5 Å². The molecule has 0 radical (unpaired) electrons. The van der Waals surface area contributed by atoms with E-state index in [9.17, 15) is 4.39 Å². The average Bonchev–Trinajstić information content (AvgIpc) is 2.36. The maximum atomic E-state index is 13.9. The van der Waals surface area contributed by atoms with Crippen LogP contribution in [-0.2, 0) is 6.61 Å². The molecule has 21 heavy (non-hydrogen) atoms. The van der Waals surface area contributed by atoms with E-state index in [1.807, 2.05) is 0 Å². The molecule has 0 unspecified atom stereocenters. The van der Waals surface area contributed by atoms with Crippen molar-refractivity contribution in [1.29, 1.82) is 0 Å². The molecule has 0 aromatic heterocycles. The van der Waals surface area contributed by atoms with Crippen LogP contribution in [0.3, 0.4) is 0 Å². The van der Waals surface area contributed by atoms with Crippen LogP contribution in [0.2, 0.25) is 0 Å². The second kappa shape index (κ2) is 6.27. The van der Waals surface area contributed by atoms with E-state index in [1.54, 1.807) is 19.1 Å². The molecule has 2 nitrogen and oxygen atoms in total. The quantitative estimate of drug-likeness (QED) is 0.907. The van der Waals surface area contributed by atoms with Crippen LogP contribution in [0.1, 0.15) is 40.8 Å². The second-order valence-corrected chi connectivity index (χ2v) is 5.64. The zero-order chi connectivity index (χ0) is 15.6. The lowest BCUT2D eigenvalue weighted by molar-refractivity contribution is 0.302.